The SMILES string of the molecule is COc1ccc(CNC2CCC(N)CC2)c(OC)c1. The smallest absolute Gasteiger partial charge is 0.127 e. The average molecular weight is 264 g/mol. The Bertz CT molecular complexity index is 401. The van der Waals surface area contributed by atoms with Gasteiger partial charge in [0.05, 0.1) is 14.2 Å². The molecule has 1 saturated carbocycles. The molecule has 3 N–H and O–H groups in total. The van der Waals surface area contributed by atoms with Gasteiger partial charge in [0.1, 0.15) is 11.5 Å². The van der Waals surface area contributed by atoms with Crippen molar-refractivity contribution in [1.29, 1.82) is 0 Å². The molecule has 4 nitrogen and oxygen atoms in total. The van der Waals surface area contributed by atoms with Crippen LogP contribution in [0.4, 0.5) is 0 Å². The zero-order valence-corrected chi connectivity index (χ0v) is 11.8. The summed E-state index contributed by atoms with van der Waals surface area (Å²) in [6.07, 6.45) is 4.58. The maximum atomic E-state index is 5.92. The highest BCUT2D eigenvalue weighted by atomic mass is 16.5. The van der Waals surface area contributed by atoms with Gasteiger partial charge in [0.25, 0.3) is 0 Å². The molecule has 0 aromatic heterocycles. The summed E-state index contributed by atoms with van der Waals surface area (Å²) < 4.78 is 10.6. The molecule has 0 spiro atoms. The van der Waals surface area contributed by atoms with Gasteiger partial charge in [0.15, 0.2) is 0 Å². The minimum atomic E-state index is 0.397. The van der Waals surface area contributed by atoms with Crippen molar-refractivity contribution in [3.63, 3.8) is 0 Å². The summed E-state index contributed by atoms with van der Waals surface area (Å²) in [5.41, 5.74) is 7.09. The third kappa shape index (κ3) is 3.85. The first-order chi connectivity index (χ1) is 9.22. The first-order valence-electron chi connectivity index (χ1n) is 6.92. The predicted octanol–water partition coefficient (Wildman–Crippen LogP) is 2.06. The Balaban J connectivity index is 1.91. The van der Waals surface area contributed by atoms with E-state index in [-0.39, 0.29) is 0 Å². The van der Waals surface area contributed by atoms with Crippen LogP contribution < -0.4 is 20.5 Å². The number of methoxy groups -OCH3 is 2. The first kappa shape index (κ1) is 14.2. The maximum Gasteiger partial charge on any atom is 0.127 e. The lowest BCUT2D eigenvalue weighted by Crippen LogP contribution is -2.37. The van der Waals surface area contributed by atoms with Crippen molar-refractivity contribution in [2.24, 2.45) is 5.73 Å². The molecule has 1 aromatic carbocycles. The standard InChI is InChI=1S/C15H24N2O2/c1-18-14-8-3-11(15(9-14)19-2)10-17-13-6-4-12(16)5-7-13/h3,8-9,12-13,17H,4-7,10,16H2,1-2H3. The van der Waals surface area contributed by atoms with Crippen LogP contribution in [0.2, 0.25) is 0 Å². The molecule has 4 heteroatoms. The van der Waals surface area contributed by atoms with Crippen molar-refractivity contribution in [3.8, 4) is 11.5 Å². The van der Waals surface area contributed by atoms with Gasteiger partial charge in [-0.3, -0.25) is 0 Å². The quantitative estimate of drug-likeness (QED) is 0.854. The minimum Gasteiger partial charge on any atom is -0.497 e. The van der Waals surface area contributed by atoms with Crippen LogP contribution in [-0.4, -0.2) is 26.3 Å². The molecule has 0 radical (unpaired) electrons. The Labute approximate surface area is 115 Å². The van der Waals surface area contributed by atoms with Gasteiger partial charge in [-0.25, -0.2) is 0 Å². The second kappa shape index (κ2) is 6.78. The van der Waals surface area contributed by atoms with E-state index in [1.165, 1.54) is 12.8 Å². The summed E-state index contributed by atoms with van der Waals surface area (Å²) in [6.45, 7) is 0.826. The number of rotatable bonds is 5. The molecule has 1 aliphatic carbocycles. The number of nitrogens with one attached hydrogen (secondary N) is 1. The molecule has 1 fully saturated rings. The van der Waals surface area contributed by atoms with Gasteiger partial charge >= 0.3 is 0 Å². The third-order valence-electron chi connectivity index (χ3n) is 3.85. The number of hydrogen-bond donors (Lipinski definition) is 2. The molecule has 0 atom stereocenters. The normalized spacial score (nSPS) is 23.1. The van der Waals surface area contributed by atoms with Crippen LogP contribution in [0.25, 0.3) is 0 Å². The van der Waals surface area contributed by atoms with Crippen molar-refractivity contribution < 1.29 is 9.47 Å². The van der Waals surface area contributed by atoms with Gasteiger partial charge in [-0.15, -0.1) is 0 Å². The second-order valence-corrected chi connectivity index (χ2v) is 5.17. The molecule has 0 heterocycles. The molecule has 19 heavy (non-hydrogen) atoms. The van der Waals surface area contributed by atoms with Crippen molar-refractivity contribution >= 4 is 0 Å². The molecular formula is C15H24N2O2. The Hall–Kier alpha value is -1.26. The maximum absolute atomic E-state index is 5.92. The van der Waals surface area contributed by atoms with E-state index in [9.17, 15) is 0 Å². The summed E-state index contributed by atoms with van der Waals surface area (Å²) >= 11 is 0. The first-order valence-corrected chi connectivity index (χ1v) is 6.92. The fourth-order valence-corrected chi connectivity index (χ4v) is 2.58. The predicted molar refractivity (Wildman–Crippen MR) is 76.6 cm³/mol. The molecule has 0 amide bonds. The van der Waals surface area contributed by atoms with Gasteiger partial charge in [0.2, 0.25) is 0 Å². The highest BCUT2D eigenvalue weighted by Crippen LogP contribution is 2.25. The van der Waals surface area contributed by atoms with E-state index >= 15 is 0 Å². The lowest BCUT2D eigenvalue weighted by Gasteiger charge is -2.27. The number of nitrogens with two attached hydrogens (primary N) is 1. The van der Waals surface area contributed by atoms with Gasteiger partial charge in [-0.05, 0) is 31.7 Å². The van der Waals surface area contributed by atoms with Crippen molar-refractivity contribution in [2.75, 3.05) is 14.2 Å². The summed E-state index contributed by atoms with van der Waals surface area (Å²) in [6, 6.07) is 6.92. The molecule has 0 unspecified atom stereocenters. The highest BCUT2D eigenvalue weighted by molar-refractivity contribution is 5.40. The lowest BCUT2D eigenvalue weighted by atomic mass is 9.92. The zero-order valence-electron chi connectivity index (χ0n) is 11.8. The second-order valence-electron chi connectivity index (χ2n) is 5.17. The van der Waals surface area contributed by atoms with Crippen LogP contribution in [0.3, 0.4) is 0 Å². The Morgan fingerprint density at radius 3 is 2.53 bits per heavy atom. The minimum absolute atomic E-state index is 0.397. The molecule has 0 aliphatic heterocycles. The van der Waals surface area contributed by atoms with Crippen LogP contribution in [0.15, 0.2) is 18.2 Å². The Morgan fingerprint density at radius 1 is 1.16 bits per heavy atom. The molecule has 1 aliphatic rings. The molecular weight excluding hydrogens is 240 g/mol. The van der Waals surface area contributed by atoms with Crippen molar-refractivity contribution in [2.45, 2.75) is 44.3 Å². The van der Waals surface area contributed by atoms with Crippen molar-refractivity contribution in [1.82, 2.24) is 5.32 Å². The third-order valence-corrected chi connectivity index (χ3v) is 3.85. The van der Waals surface area contributed by atoms with Gasteiger partial charge in [0, 0.05) is 30.3 Å². The van der Waals surface area contributed by atoms with E-state index in [1.807, 2.05) is 12.1 Å². The van der Waals surface area contributed by atoms with Gasteiger partial charge < -0.3 is 20.5 Å². The summed E-state index contributed by atoms with van der Waals surface area (Å²) in [5, 5.41) is 3.59. The number of ether oxygens (including phenoxy) is 2. The summed E-state index contributed by atoms with van der Waals surface area (Å²) in [5.74, 6) is 1.70. The highest BCUT2D eigenvalue weighted by Gasteiger charge is 2.18. The van der Waals surface area contributed by atoms with E-state index < -0.39 is 0 Å². The van der Waals surface area contributed by atoms with Crippen molar-refractivity contribution in [3.05, 3.63) is 23.8 Å². The van der Waals surface area contributed by atoms with Gasteiger partial charge in [-0.1, -0.05) is 6.07 Å². The molecule has 0 bridgehead atoms. The van der Waals surface area contributed by atoms with E-state index in [0.717, 1.165) is 36.4 Å². The Morgan fingerprint density at radius 2 is 1.89 bits per heavy atom. The summed E-state index contributed by atoms with van der Waals surface area (Å²) in [4.78, 5) is 0. The lowest BCUT2D eigenvalue weighted by molar-refractivity contribution is 0.338. The fraction of sp³-hybridized carbons (Fsp3) is 0.600. The van der Waals surface area contributed by atoms with Crippen LogP contribution in [0, 0.1) is 0 Å². The van der Waals surface area contributed by atoms with E-state index in [4.69, 9.17) is 15.2 Å². The molecule has 106 valence electrons. The largest absolute Gasteiger partial charge is 0.497 e. The monoisotopic (exact) mass is 264 g/mol. The number of benzene rings is 1. The Kier molecular flexibility index (Phi) is 5.05. The molecule has 0 saturated heterocycles. The van der Waals surface area contributed by atoms with E-state index in [2.05, 4.69) is 11.4 Å². The number of hydrogen-bond acceptors (Lipinski definition) is 4. The van der Waals surface area contributed by atoms with Crippen LogP contribution >= 0.6 is 0 Å². The summed E-state index contributed by atoms with van der Waals surface area (Å²) in [7, 11) is 3.36. The van der Waals surface area contributed by atoms with E-state index in [1.54, 1.807) is 14.2 Å². The topological polar surface area (TPSA) is 56.5 Å². The van der Waals surface area contributed by atoms with E-state index in [0.29, 0.717) is 12.1 Å². The van der Waals surface area contributed by atoms with Crippen LogP contribution in [0.1, 0.15) is 31.2 Å². The van der Waals surface area contributed by atoms with Crippen LogP contribution in [0.5, 0.6) is 11.5 Å². The van der Waals surface area contributed by atoms with Crippen LogP contribution in [-0.2, 0) is 6.54 Å². The molecule has 1 aromatic rings. The van der Waals surface area contributed by atoms with Gasteiger partial charge in [-0.2, -0.15) is 0 Å². The zero-order chi connectivity index (χ0) is 13.7. The average Bonchev–Trinajstić information content (AvgIpc) is 2.46. The fourth-order valence-electron chi connectivity index (χ4n) is 2.58. The molecule has 2 rings (SSSR count).